The molecule has 0 aliphatic heterocycles. The molecule has 0 radical (unpaired) electrons. The fourth-order valence-electron chi connectivity index (χ4n) is 5.60. The standard InChI is InChI=1S/2C21H21NO3S/c2*1-16-12-14-18(15-13-16)26(23,24)22-21(17-8-4-3-5-9-17)19-10-6-7-11-20(19)25-2/h2*3-15,21-22H,1-2H3/t2*21-/m00/s1. The van der Waals surface area contributed by atoms with Crippen LogP contribution in [0.2, 0.25) is 0 Å². The smallest absolute Gasteiger partial charge is 0.241 e. The van der Waals surface area contributed by atoms with Crippen LogP contribution in [0.3, 0.4) is 0 Å². The minimum absolute atomic E-state index is 0.235. The summed E-state index contributed by atoms with van der Waals surface area (Å²) >= 11 is 0. The highest BCUT2D eigenvalue weighted by Gasteiger charge is 2.26. The molecule has 8 nitrogen and oxygen atoms in total. The summed E-state index contributed by atoms with van der Waals surface area (Å²) in [6, 6.07) is 46.3. The van der Waals surface area contributed by atoms with E-state index in [0.29, 0.717) is 11.5 Å². The second kappa shape index (κ2) is 17.3. The van der Waals surface area contributed by atoms with Crippen LogP contribution in [0.5, 0.6) is 11.5 Å². The van der Waals surface area contributed by atoms with Gasteiger partial charge in [0.05, 0.1) is 36.1 Å². The van der Waals surface area contributed by atoms with Gasteiger partial charge in [-0.1, -0.05) is 132 Å². The average Bonchev–Trinajstić information content (AvgIpc) is 3.17. The molecular weight excluding hydrogens is 693 g/mol. The molecule has 0 fully saturated rings. The Morgan fingerprint density at radius 3 is 1.06 bits per heavy atom. The summed E-state index contributed by atoms with van der Waals surface area (Å²) < 4.78 is 68.3. The Bertz CT molecular complexity index is 2100. The van der Waals surface area contributed by atoms with Gasteiger partial charge in [-0.15, -0.1) is 0 Å². The van der Waals surface area contributed by atoms with Crippen molar-refractivity contribution in [3.8, 4) is 11.5 Å². The largest absolute Gasteiger partial charge is 0.496 e. The molecule has 6 aromatic rings. The Balaban J connectivity index is 0.000000201. The van der Waals surface area contributed by atoms with E-state index >= 15 is 0 Å². The summed E-state index contributed by atoms with van der Waals surface area (Å²) in [6.45, 7) is 3.84. The van der Waals surface area contributed by atoms with Gasteiger partial charge in [-0.25, -0.2) is 16.8 Å². The first-order valence-electron chi connectivity index (χ1n) is 16.6. The quantitative estimate of drug-likeness (QED) is 0.131. The minimum atomic E-state index is -3.70. The third kappa shape index (κ3) is 9.54. The van der Waals surface area contributed by atoms with E-state index in [9.17, 15) is 16.8 Å². The van der Waals surface area contributed by atoms with Gasteiger partial charge in [-0.05, 0) is 61.4 Å². The van der Waals surface area contributed by atoms with E-state index in [-0.39, 0.29) is 9.79 Å². The first-order chi connectivity index (χ1) is 25.0. The van der Waals surface area contributed by atoms with Crippen LogP contribution in [0.15, 0.2) is 168 Å². The Hall–Kier alpha value is -5.26. The molecule has 2 N–H and O–H groups in total. The van der Waals surface area contributed by atoms with Crippen molar-refractivity contribution in [2.75, 3.05) is 14.2 Å². The summed E-state index contributed by atoms with van der Waals surface area (Å²) in [7, 11) is -4.25. The van der Waals surface area contributed by atoms with Gasteiger partial charge >= 0.3 is 0 Å². The summed E-state index contributed by atoms with van der Waals surface area (Å²) in [5.41, 5.74) is 5.22. The molecule has 0 aliphatic carbocycles. The molecule has 0 heterocycles. The molecular formula is C42H42N2O6S2. The molecule has 268 valence electrons. The lowest BCUT2D eigenvalue weighted by Crippen LogP contribution is -2.29. The molecule has 6 rings (SSSR count). The van der Waals surface area contributed by atoms with Crippen LogP contribution in [-0.4, -0.2) is 31.1 Å². The maximum atomic E-state index is 12.9. The summed E-state index contributed by atoms with van der Waals surface area (Å²) in [5.74, 6) is 1.26. The fourth-order valence-corrected chi connectivity index (χ4v) is 8.01. The van der Waals surface area contributed by atoms with E-state index in [0.717, 1.165) is 33.4 Å². The van der Waals surface area contributed by atoms with Crippen molar-refractivity contribution in [3.63, 3.8) is 0 Å². The second-order valence-electron chi connectivity index (χ2n) is 12.0. The van der Waals surface area contributed by atoms with E-state index in [1.165, 1.54) is 0 Å². The molecule has 6 aromatic carbocycles. The molecule has 0 unspecified atom stereocenters. The number of benzene rings is 6. The van der Waals surface area contributed by atoms with Crippen molar-refractivity contribution < 1.29 is 26.3 Å². The molecule has 0 spiro atoms. The highest BCUT2D eigenvalue weighted by Crippen LogP contribution is 2.33. The number of aryl methyl sites for hydroxylation is 2. The van der Waals surface area contributed by atoms with Gasteiger partial charge < -0.3 is 9.47 Å². The van der Waals surface area contributed by atoms with Crippen LogP contribution < -0.4 is 18.9 Å². The molecule has 0 saturated carbocycles. The zero-order valence-corrected chi connectivity index (χ0v) is 31.1. The molecule has 52 heavy (non-hydrogen) atoms. The Morgan fingerprint density at radius 2 is 0.731 bits per heavy atom. The number of hydrogen-bond acceptors (Lipinski definition) is 6. The SMILES string of the molecule is COc1ccccc1[C@@H](NS(=O)(=O)c1ccc(C)cc1)c1ccccc1.COc1ccccc1[C@@H](NS(=O)(=O)c1ccc(C)cc1)c1ccccc1. The molecule has 0 saturated heterocycles. The lowest BCUT2D eigenvalue weighted by Gasteiger charge is -2.22. The van der Waals surface area contributed by atoms with Crippen molar-refractivity contribution >= 4 is 20.0 Å². The zero-order chi connectivity index (χ0) is 37.1. The Labute approximate surface area is 307 Å². The highest BCUT2D eigenvalue weighted by molar-refractivity contribution is 7.89. The molecule has 0 bridgehead atoms. The number of rotatable bonds is 12. The first kappa shape index (κ1) is 38.0. The highest BCUT2D eigenvalue weighted by atomic mass is 32.2. The van der Waals surface area contributed by atoms with Gasteiger partial charge in [0.1, 0.15) is 11.5 Å². The van der Waals surface area contributed by atoms with Crippen molar-refractivity contribution in [1.82, 2.24) is 9.44 Å². The maximum Gasteiger partial charge on any atom is 0.241 e. The van der Waals surface area contributed by atoms with E-state index < -0.39 is 32.1 Å². The van der Waals surface area contributed by atoms with Crippen LogP contribution in [0, 0.1) is 13.8 Å². The summed E-state index contributed by atoms with van der Waals surface area (Å²) in [4.78, 5) is 0.470. The van der Waals surface area contributed by atoms with Crippen LogP contribution >= 0.6 is 0 Å². The normalized spacial score (nSPS) is 12.5. The average molecular weight is 735 g/mol. The first-order valence-corrected chi connectivity index (χ1v) is 19.5. The van der Waals surface area contributed by atoms with Crippen LogP contribution in [0.1, 0.15) is 45.5 Å². The summed E-state index contributed by atoms with van der Waals surface area (Å²) in [5, 5.41) is 0. The van der Waals surface area contributed by atoms with Crippen molar-refractivity contribution in [2.45, 2.75) is 35.7 Å². The monoisotopic (exact) mass is 734 g/mol. The van der Waals surface area contributed by atoms with E-state index in [4.69, 9.17) is 9.47 Å². The number of methoxy groups -OCH3 is 2. The van der Waals surface area contributed by atoms with Crippen molar-refractivity contribution in [1.29, 1.82) is 0 Å². The van der Waals surface area contributed by atoms with E-state index in [2.05, 4.69) is 9.44 Å². The number of sulfonamides is 2. The fraction of sp³-hybridized carbons (Fsp3) is 0.143. The molecule has 2 atom stereocenters. The summed E-state index contributed by atoms with van der Waals surface area (Å²) in [6.07, 6.45) is 0. The lowest BCUT2D eigenvalue weighted by molar-refractivity contribution is 0.406. The number of hydrogen-bond donors (Lipinski definition) is 2. The van der Waals surface area contributed by atoms with E-state index in [1.54, 1.807) is 62.8 Å². The molecule has 0 aromatic heterocycles. The van der Waals surface area contributed by atoms with Gasteiger partial charge in [0.25, 0.3) is 0 Å². The predicted molar refractivity (Wildman–Crippen MR) is 206 cm³/mol. The zero-order valence-electron chi connectivity index (χ0n) is 29.4. The molecule has 0 amide bonds. The molecule has 10 heteroatoms. The Morgan fingerprint density at radius 1 is 0.423 bits per heavy atom. The number of para-hydroxylation sites is 2. The third-order valence-electron chi connectivity index (χ3n) is 8.37. The van der Waals surface area contributed by atoms with E-state index in [1.807, 2.05) is 123 Å². The van der Waals surface area contributed by atoms with Crippen molar-refractivity contribution in [3.05, 3.63) is 191 Å². The number of nitrogens with one attached hydrogen (secondary N) is 2. The van der Waals surface area contributed by atoms with Gasteiger partial charge in [0, 0.05) is 11.1 Å². The predicted octanol–water partition coefficient (Wildman–Crippen LogP) is 8.14. The number of ether oxygens (including phenoxy) is 2. The van der Waals surface area contributed by atoms with Gasteiger partial charge in [-0.3, -0.25) is 0 Å². The minimum Gasteiger partial charge on any atom is -0.496 e. The maximum absolute atomic E-state index is 12.9. The van der Waals surface area contributed by atoms with Crippen LogP contribution in [0.25, 0.3) is 0 Å². The van der Waals surface area contributed by atoms with Crippen LogP contribution in [0.4, 0.5) is 0 Å². The lowest BCUT2D eigenvalue weighted by atomic mass is 9.99. The third-order valence-corrected chi connectivity index (χ3v) is 11.3. The van der Waals surface area contributed by atoms with Gasteiger partial charge in [-0.2, -0.15) is 9.44 Å². The van der Waals surface area contributed by atoms with Gasteiger partial charge in [0.2, 0.25) is 20.0 Å². The Kier molecular flexibility index (Phi) is 12.6. The molecule has 0 aliphatic rings. The van der Waals surface area contributed by atoms with Crippen LogP contribution in [-0.2, 0) is 20.0 Å². The second-order valence-corrected chi connectivity index (χ2v) is 15.5. The topological polar surface area (TPSA) is 111 Å². The van der Waals surface area contributed by atoms with Crippen molar-refractivity contribution in [2.24, 2.45) is 0 Å². The van der Waals surface area contributed by atoms with Gasteiger partial charge in [0.15, 0.2) is 0 Å².